The number of nitrogens with two attached hydrogens (primary N) is 1. The molecule has 1 saturated heterocycles. The number of piperazine rings is 1. The van der Waals surface area contributed by atoms with Crippen LogP contribution < -0.4 is 16.0 Å². The molecule has 1 heterocycles. The van der Waals surface area contributed by atoms with Crippen molar-refractivity contribution in [3.63, 3.8) is 0 Å². The molecule has 0 unspecified atom stereocenters. The van der Waals surface area contributed by atoms with E-state index in [0.717, 1.165) is 39.0 Å². The summed E-state index contributed by atoms with van der Waals surface area (Å²) in [5.41, 5.74) is 8.90. The minimum absolute atomic E-state index is 0.203. The molecule has 0 bridgehead atoms. The van der Waals surface area contributed by atoms with E-state index in [-0.39, 0.29) is 5.91 Å². The smallest absolute Gasteiger partial charge is 0.312 e. The van der Waals surface area contributed by atoms with E-state index in [4.69, 9.17) is 5.73 Å². The van der Waals surface area contributed by atoms with Gasteiger partial charge in [0.1, 0.15) is 0 Å². The van der Waals surface area contributed by atoms with Crippen molar-refractivity contribution >= 4 is 17.6 Å². The zero-order valence-electron chi connectivity index (χ0n) is 14.7. The lowest BCUT2D eigenvalue weighted by Gasteiger charge is -2.37. The molecule has 6 nitrogen and oxygen atoms in total. The van der Waals surface area contributed by atoms with Crippen molar-refractivity contribution in [2.24, 2.45) is 5.73 Å². The van der Waals surface area contributed by atoms with Crippen molar-refractivity contribution in [2.75, 3.05) is 37.6 Å². The van der Waals surface area contributed by atoms with Gasteiger partial charge in [0.15, 0.2) is 0 Å². The third-order valence-electron chi connectivity index (χ3n) is 4.67. The number of hydrogen-bond donors (Lipinski definition) is 2. The van der Waals surface area contributed by atoms with Gasteiger partial charge < -0.3 is 20.9 Å². The second-order valence-electron chi connectivity index (χ2n) is 6.34. The fraction of sp³-hybridized carbons (Fsp3) is 0.556. The normalized spacial score (nSPS) is 14.6. The average Bonchev–Trinajstić information content (AvgIpc) is 2.57. The number of rotatable bonds is 6. The van der Waals surface area contributed by atoms with Crippen molar-refractivity contribution in [3.05, 3.63) is 29.3 Å². The molecule has 0 aliphatic carbocycles. The maximum Gasteiger partial charge on any atom is 0.312 e. The van der Waals surface area contributed by atoms with Gasteiger partial charge in [-0.25, -0.2) is 4.79 Å². The average molecular weight is 332 g/mol. The number of anilines is 1. The fourth-order valence-electron chi connectivity index (χ4n) is 3.05. The van der Waals surface area contributed by atoms with Crippen LogP contribution >= 0.6 is 0 Å². The second-order valence-corrected chi connectivity index (χ2v) is 6.34. The molecule has 0 radical (unpaired) electrons. The Balaban J connectivity index is 1.75. The number of nitrogens with zero attached hydrogens (tertiary/aromatic N) is 2. The third kappa shape index (κ3) is 4.88. The van der Waals surface area contributed by atoms with Crippen LogP contribution in [0.25, 0.3) is 0 Å². The van der Waals surface area contributed by atoms with E-state index in [2.05, 4.69) is 42.3 Å². The van der Waals surface area contributed by atoms with Gasteiger partial charge in [-0.05, 0) is 43.9 Å². The number of benzene rings is 1. The third-order valence-corrected chi connectivity index (χ3v) is 4.67. The molecular weight excluding hydrogens is 304 g/mol. The van der Waals surface area contributed by atoms with Crippen LogP contribution in [0.2, 0.25) is 0 Å². The van der Waals surface area contributed by atoms with E-state index in [1.54, 1.807) is 0 Å². The van der Waals surface area contributed by atoms with Crippen LogP contribution in [-0.4, -0.2) is 49.6 Å². The Morgan fingerprint density at radius 2 is 1.83 bits per heavy atom. The molecular formula is C18H28N4O2. The zero-order chi connectivity index (χ0) is 17.5. The van der Waals surface area contributed by atoms with E-state index in [1.807, 2.05) is 4.90 Å². The second kappa shape index (κ2) is 8.57. The molecule has 132 valence electrons. The Labute approximate surface area is 144 Å². The molecule has 1 aromatic carbocycles. The summed E-state index contributed by atoms with van der Waals surface area (Å²) in [6.07, 6.45) is 2.08. The van der Waals surface area contributed by atoms with Crippen molar-refractivity contribution in [1.29, 1.82) is 0 Å². The lowest BCUT2D eigenvalue weighted by molar-refractivity contribution is -0.131. The first kappa shape index (κ1) is 18.1. The maximum absolute atomic E-state index is 12.3. The first-order chi connectivity index (χ1) is 11.5. The van der Waals surface area contributed by atoms with E-state index in [1.165, 1.54) is 16.8 Å². The lowest BCUT2D eigenvalue weighted by Crippen LogP contribution is -2.49. The number of amides is 3. The van der Waals surface area contributed by atoms with Crippen LogP contribution in [0.3, 0.4) is 0 Å². The Hall–Kier alpha value is -2.24. The van der Waals surface area contributed by atoms with E-state index < -0.39 is 6.03 Å². The van der Waals surface area contributed by atoms with Crippen molar-refractivity contribution in [2.45, 2.75) is 33.1 Å². The molecule has 1 aromatic rings. The number of urea groups is 1. The van der Waals surface area contributed by atoms with Crippen LogP contribution in [0.5, 0.6) is 0 Å². The molecule has 1 fully saturated rings. The Kier molecular flexibility index (Phi) is 6.46. The zero-order valence-corrected chi connectivity index (χ0v) is 14.7. The van der Waals surface area contributed by atoms with Gasteiger partial charge in [-0.2, -0.15) is 0 Å². The summed E-state index contributed by atoms with van der Waals surface area (Å²) in [7, 11) is 0. The van der Waals surface area contributed by atoms with Gasteiger partial charge in [0.05, 0.1) is 0 Å². The first-order valence-electron chi connectivity index (χ1n) is 8.61. The summed E-state index contributed by atoms with van der Waals surface area (Å²) in [5.74, 6) is 0.203. The molecule has 1 aliphatic rings. The Bertz CT molecular complexity index is 580. The molecule has 1 aliphatic heterocycles. The van der Waals surface area contributed by atoms with Crippen LogP contribution in [0, 0.1) is 13.8 Å². The van der Waals surface area contributed by atoms with E-state index in [0.29, 0.717) is 13.0 Å². The highest BCUT2D eigenvalue weighted by atomic mass is 16.2. The van der Waals surface area contributed by atoms with Crippen LogP contribution in [0.1, 0.15) is 30.4 Å². The quantitative estimate of drug-likeness (QED) is 0.780. The van der Waals surface area contributed by atoms with Crippen LogP contribution in [-0.2, 0) is 4.79 Å². The van der Waals surface area contributed by atoms with E-state index >= 15 is 0 Å². The molecule has 0 saturated carbocycles. The van der Waals surface area contributed by atoms with Crippen LogP contribution in [0.4, 0.5) is 10.5 Å². The molecule has 0 aromatic heterocycles. The predicted molar refractivity (Wildman–Crippen MR) is 96.1 cm³/mol. The molecule has 6 heteroatoms. The molecule has 0 spiro atoms. The largest absolute Gasteiger partial charge is 0.368 e. The molecule has 0 atom stereocenters. The minimum Gasteiger partial charge on any atom is -0.368 e. The number of unbranched alkanes of at least 4 members (excludes halogenated alkanes) is 1. The molecule has 3 amide bonds. The number of nitrogens with one attached hydrogen (secondary N) is 1. The highest BCUT2D eigenvalue weighted by Crippen LogP contribution is 2.24. The number of aryl methyl sites for hydroxylation is 1. The molecule has 2 rings (SSSR count). The van der Waals surface area contributed by atoms with Gasteiger partial charge in [0.25, 0.3) is 0 Å². The topological polar surface area (TPSA) is 78.7 Å². The summed E-state index contributed by atoms with van der Waals surface area (Å²) < 4.78 is 0. The van der Waals surface area contributed by atoms with Crippen LogP contribution in [0.15, 0.2) is 18.2 Å². The summed E-state index contributed by atoms with van der Waals surface area (Å²) in [4.78, 5) is 27.1. The standard InChI is InChI=1S/C18H28N4O2/c1-14-6-5-7-16(15(14)2)21-10-12-22(13-11-21)17(23)8-3-4-9-20-18(19)24/h5-7H,3-4,8-13H2,1-2H3,(H3,19,20,24). The van der Waals surface area contributed by atoms with E-state index in [9.17, 15) is 9.59 Å². The minimum atomic E-state index is -0.510. The van der Waals surface area contributed by atoms with Gasteiger partial charge in [-0.1, -0.05) is 12.1 Å². The SMILES string of the molecule is Cc1cccc(N2CCN(C(=O)CCCCNC(N)=O)CC2)c1C. The highest BCUT2D eigenvalue weighted by molar-refractivity contribution is 5.76. The van der Waals surface area contributed by atoms with Gasteiger partial charge >= 0.3 is 6.03 Å². The van der Waals surface area contributed by atoms with Gasteiger partial charge in [0, 0.05) is 44.8 Å². The Morgan fingerprint density at radius 3 is 2.50 bits per heavy atom. The maximum atomic E-state index is 12.3. The number of hydrogen-bond acceptors (Lipinski definition) is 3. The monoisotopic (exact) mass is 332 g/mol. The first-order valence-corrected chi connectivity index (χ1v) is 8.61. The number of primary amides is 1. The van der Waals surface area contributed by atoms with Gasteiger partial charge in [0.2, 0.25) is 5.91 Å². The summed E-state index contributed by atoms with van der Waals surface area (Å²) in [6.45, 7) is 8.10. The predicted octanol–water partition coefficient (Wildman–Crippen LogP) is 1.79. The summed E-state index contributed by atoms with van der Waals surface area (Å²) in [6, 6.07) is 5.87. The lowest BCUT2D eigenvalue weighted by atomic mass is 10.1. The van der Waals surface area contributed by atoms with Crippen molar-refractivity contribution in [3.8, 4) is 0 Å². The van der Waals surface area contributed by atoms with Crippen molar-refractivity contribution < 1.29 is 9.59 Å². The highest BCUT2D eigenvalue weighted by Gasteiger charge is 2.21. The van der Waals surface area contributed by atoms with Gasteiger partial charge in [-0.15, -0.1) is 0 Å². The molecule has 3 N–H and O–H groups in total. The summed E-state index contributed by atoms with van der Waals surface area (Å²) >= 11 is 0. The molecule has 24 heavy (non-hydrogen) atoms. The number of carbonyl (C=O) groups excluding carboxylic acids is 2. The Morgan fingerprint density at radius 1 is 1.12 bits per heavy atom. The fourth-order valence-corrected chi connectivity index (χ4v) is 3.05. The van der Waals surface area contributed by atoms with Gasteiger partial charge in [-0.3, -0.25) is 4.79 Å². The summed E-state index contributed by atoms with van der Waals surface area (Å²) in [5, 5.41) is 2.54. The number of carbonyl (C=O) groups is 2. The van der Waals surface area contributed by atoms with Crippen molar-refractivity contribution in [1.82, 2.24) is 10.2 Å².